The van der Waals surface area contributed by atoms with Crippen LogP contribution in [0.3, 0.4) is 0 Å². The molecule has 0 unspecified atom stereocenters. The van der Waals surface area contributed by atoms with Gasteiger partial charge in [0.15, 0.2) is 0 Å². The Labute approximate surface area is 89.7 Å². The highest BCUT2D eigenvalue weighted by Crippen LogP contribution is 2.32. The van der Waals surface area contributed by atoms with Crippen LogP contribution < -0.4 is 4.74 Å². The van der Waals surface area contributed by atoms with Crippen LogP contribution in [0, 0.1) is 0 Å². The quantitative estimate of drug-likeness (QED) is 0.703. The standard InChI is InChI=1S/C9H7BrClNO/c10-7-3-6-5-12-1-2-13-9(6)8(11)4-7/h3-5H,1-2H2. The lowest BCUT2D eigenvalue weighted by atomic mass is 10.2. The van der Waals surface area contributed by atoms with Crippen LogP contribution in [0.2, 0.25) is 5.02 Å². The summed E-state index contributed by atoms with van der Waals surface area (Å²) >= 11 is 9.37. The number of aliphatic imine (C=N–C) groups is 1. The molecule has 13 heavy (non-hydrogen) atoms. The first-order chi connectivity index (χ1) is 6.27. The van der Waals surface area contributed by atoms with E-state index in [4.69, 9.17) is 16.3 Å². The molecule has 1 aliphatic heterocycles. The van der Waals surface area contributed by atoms with Gasteiger partial charge in [0.05, 0.1) is 11.6 Å². The van der Waals surface area contributed by atoms with E-state index in [0.717, 1.165) is 15.8 Å². The molecule has 0 aliphatic carbocycles. The third kappa shape index (κ3) is 1.86. The van der Waals surface area contributed by atoms with Crippen molar-refractivity contribution in [2.24, 2.45) is 4.99 Å². The molecule has 2 nitrogen and oxygen atoms in total. The summed E-state index contributed by atoms with van der Waals surface area (Å²) in [7, 11) is 0. The Morgan fingerprint density at radius 1 is 1.46 bits per heavy atom. The Kier molecular flexibility index (Phi) is 2.56. The summed E-state index contributed by atoms with van der Waals surface area (Å²) in [6.45, 7) is 1.27. The van der Waals surface area contributed by atoms with E-state index >= 15 is 0 Å². The molecule has 0 fully saturated rings. The van der Waals surface area contributed by atoms with Crippen LogP contribution >= 0.6 is 27.5 Å². The highest BCUT2D eigenvalue weighted by molar-refractivity contribution is 9.10. The van der Waals surface area contributed by atoms with Crippen molar-refractivity contribution in [3.05, 3.63) is 27.2 Å². The van der Waals surface area contributed by atoms with Crippen molar-refractivity contribution < 1.29 is 4.74 Å². The van der Waals surface area contributed by atoms with Crippen LogP contribution in [-0.2, 0) is 0 Å². The van der Waals surface area contributed by atoms with Gasteiger partial charge >= 0.3 is 0 Å². The van der Waals surface area contributed by atoms with E-state index in [1.807, 2.05) is 12.1 Å². The summed E-state index contributed by atoms with van der Waals surface area (Å²) in [5.74, 6) is 0.728. The fraction of sp³-hybridized carbons (Fsp3) is 0.222. The second kappa shape index (κ2) is 3.68. The lowest BCUT2D eigenvalue weighted by Gasteiger charge is -2.07. The predicted molar refractivity (Wildman–Crippen MR) is 57.1 cm³/mol. The molecule has 0 bridgehead atoms. The highest BCUT2D eigenvalue weighted by atomic mass is 79.9. The van der Waals surface area contributed by atoms with Crippen molar-refractivity contribution in [3.8, 4) is 5.75 Å². The van der Waals surface area contributed by atoms with Gasteiger partial charge in [0.2, 0.25) is 0 Å². The summed E-state index contributed by atoms with van der Waals surface area (Å²) in [6.07, 6.45) is 1.79. The Bertz CT molecular complexity index is 365. The lowest BCUT2D eigenvalue weighted by Crippen LogP contribution is -1.99. The number of rotatable bonds is 0. The first-order valence-electron chi connectivity index (χ1n) is 3.89. The van der Waals surface area contributed by atoms with Crippen molar-refractivity contribution in [2.45, 2.75) is 0 Å². The van der Waals surface area contributed by atoms with Crippen molar-refractivity contribution in [1.82, 2.24) is 0 Å². The van der Waals surface area contributed by atoms with Crippen LogP contribution in [0.4, 0.5) is 0 Å². The van der Waals surface area contributed by atoms with Gasteiger partial charge in [0.25, 0.3) is 0 Å². The Balaban J connectivity index is 2.56. The zero-order valence-corrected chi connectivity index (χ0v) is 9.10. The average molecular weight is 261 g/mol. The van der Waals surface area contributed by atoms with Gasteiger partial charge in [-0.3, -0.25) is 4.99 Å². The van der Waals surface area contributed by atoms with Gasteiger partial charge in [-0.25, -0.2) is 0 Å². The van der Waals surface area contributed by atoms with Gasteiger partial charge in [-0.2, -0.15) is 0 Å². The van der Waals surface area contributed by atoms with Crippen LogP contribution in [-0.4, -0.2) is 19.4 Å². The van der Waals surface area contributed by atoms with Crippen LogP contribution in [0.5, 0.6) is 5.75 Å². The second-order valence-corrected chi connectivity index (χ2v) is 4.01. The average Bonchev–Trinajstić information content (AvgIpc) is 2.28. The molecule has 1 aliphatic rings. The van der Waals surface area contributed by atoms with E-state index < -0.39 is 0 Å². The molecule has 0 spiro atoms. The number of benzene rings is 1. The monoisotopic (exact) mass is 259 g/mol. The lowest BCUT2D eigenvalue weighted by molar-refractivity contribution is 0.331. The number of hydrogen-bond donors (Lipinski definition) is 0. The molecule has 0 atom stereocenters. The fourth-order valence-electron chi connectivity index (χ4n) is 1.19. The second-order valence-electron chi connectivity index (χ2n) is 2.69. The maximum absolute atomic E-state index is 6.00. The van der Waals surface area contributed by atoms with Crippen molar-refractivity contribution in [1.29, 1.82) is 0 Å². The SMILES string of the molecule is Clc1cc(Br)cc2c1OCCN=C2. The fourth-order valence-corrected chi connectivity index (χ4v) is 2.08. The molecule has 1 heterocycles. The van der Waals surface area contributed by atoms with E-state index in [9.17, 15) is 0 Å². The molecule has 0 amide bonds. The van der Waals surface area contributed by atoms with E-state index in [1.54, 1.807) is 6.21 Å². The van der Waals surface area contributed by atoms with Crippen molar-refractivity contribution in [3.63, 3.8) is 0 Å². The van der Waals surface area contributed by atoms with E-state index in [2.05, 4.69) is 20.9 Å². The minimum Gasteiger partial charge on any atom is -0.489 e. The largest absolute Gasteiger partial charge is 0.489 e. The Hall–Kier alpha value is -0.540. The Morgan fingerprint density at radius 3 is 3.15 bits per heavy atom. The number of halogens is 2. The van der Waals surface area contributed by atoms with E-state index in [1.165, 1.54) is 0 Å². The zero-order valence-electron chi connectivity index (χ0n) is 6.76. The maximum Gasteiger partial charge on any atom is 0.146 e. The van der Waals surface area contributed by atoms with Gasteiger partial charge in [0.1, 0.15) is 12.4 Å². The van der Waals surface area contributed by atoms with E-state index in [-0.39, 0.29) is 0 Å². The number of ether oxygens (including phenoxy) is 1. The molecule has 0 radical (unpaired) electrons. The summed E-state index contributed by atoms with van der Waals surface area (Å²) in [4.78, 5) is 4.16. The van der Waals surface area contributed by atoms with Gasteiger partial charge in [-0.15, -0.1) is 0 Å². The van der Waals surface area contributed by atoms with Crippen LogP contribution in [0.15, 0.2) is 21.6 Å². The van der Waals surface area contributed by atoms with Crippen LogP contribution in [0.1, 0.15) is 5.56 Å². The molecule has 0 aromatic heterocycles. The minimum absolute atomic E-state index is 0.588. The number of nitrogens with zero attached hydrogens (tertiary/aromatic N) is 1. The summed E-state index contributed by atoms with van der Waals surface area (Å²) in [6, 6.07) is 3.76. The molecular formula is C9H7BrClNO. The molecule has 4 heteroatoms. The molecule has 0 N–H and O–H groups in total. The number of hydrogen-bond acceptors (Lipinski definition) is 2. The molecule has 1 aromatic rings. The highest BCUT2D eigenvalue weighted by Gasteiger charge is 2.10. The molecule has 1 aromatic carbocycles. The van der Waals surface area contributed by atoms with Gasteiger partial charge in [-0.05, 0) is 12.1 Å². The molecule has 0 saturated heterocycles. The van der Waals surface area contributed by atoms with Gasteiger partial charge < -0.3 is 4.74 Å². The first-order valence-corrected chi connectivity index (χ1v) is 5.06. The summed E-state index contributed by atoms with van der Waals surface area (Å²) in [5.41, 5.74) is 0.928. The maximum atomic E-state index is 6.00. The van der Waals surface area contributed by atoms with Crippen molar-refractivity contribution >= 4 is 33.7 Å². The third-order valence-corrected chi connectivity index (χ3v) is 2.47. The van der Waals surface area contributed by atoms with E-state index in [0.29, 0.717) is 18.2 Å². The molecule has 68 valence electrons. The van der Waals surface area contributed by atoms with Gasteiger partial charge in [0, 0.05) is 16.3 Å². The first kappa shape index (κ1) is 9.03. The number of fused-ring (bicyclic) bond motifs is 1. The minimum atomic E-state index is 0.588. The van der Waals surface area contributed by atoms with Crippen molar-refractivity contribution in [2.75, 3.05) is 13.2 Å². The summed E-state index contributed by atoms with van der Waals surface area (Å²) < 4.78 is 6.39. The third-order valence-electron chi connectivity index (χ3n) is 1.73. The zero-order chi connectivity index (χ0) is 9.26. The molecule has 0 saturated carbocycles. The topological polar surface area (TPSA) is 21.6 Å². The summed E-state index contributed by atoms with van der Waals surface area (Å²) in [5, 5.41) is 0.623. The Morgan fingerprint density at radius 2 is 2.31 bits per heavy atom. The smallest absolute Gasteiger partial charge is 0.146 e. The molecule has 2 rings (SSSR count). The molecular weight excluding hydrogens is 253 g/mol. The van der Waals surface area contributed by atoms with Crippen LogP contribution in [0.25, 0.3) is 0 Å². The normalized spacial score (nSPS) is 14.6. The van der Waals surface area contributed by atoms with Gasteiger partial charge in [-0.1, -0.05) is 27.5 Å². The predicted octanol–water partition coefficient (Wildman–Crippen LogP) is 2.91.